The van der Waals surface area contributed by atoms with E-state index in [2.05, 4.69) is 39.3 Å². The van der Waals surface area contributed by atoms with Gasteiger partial charge in [0.15, 0.2) is 0 Å². The minimum Gasteiger partial charge on any atom is -0.491 e. The monoisotopic (exact) mass is 592 g/mol. The van der Waals surface area contributed by atoms with Crippen LogP contribution in [0.5, 0.6) is 5.75 Å². The van der Waals surface area contributed by atoms with E-state index in [0.29, 0.717) is 40.8 Å². The number of aryl methyl sites for hydroxylation is 1. The Labute approximate surface area is 255 Å². The summed E-state index contributed by atoms with van der Waals surface area (Å²) in [6.07, 6.45) is 2.42. The third-order valence-electron chi connectivity index (χ3n) is 8.40. The van der Waals surface area contributed by atoms with E-state index in [0.717, 1.165) is 54.1 Å². The van der Waals surface area contributed by atoms with Gasteiger partial charge in [-0.2, -0.15) is 4.98 Å². The molecule has 9 heteroatoms. The number of ether oxygens (including phenoxy) is 1. The fraction of sp³-hybridized carbons (Fsp3) is 0.265. The van der Waals surface area contributed by atoms with Crippen molar-refractivity contribution in [2.75, 3.05) is 50.1 Å². The Hall–Kier alpha value is -4.40. The van der Waals surface area contributed by atoms with Crippen LogP contribution in [0.1, 0.15) is 17.2 Å². The molecule has 0 aliphatic carbocycles. The number of anilines is 3. The molecule has 0 spiro atoms. The average molecular weight is 593 g/mol. The normalized spacial score (nSPS) is 17.0. The Morgan fingerprint density at radius 3 is 2.53 bits per heavy atom. The van der Waals surface area contributed by atoms with Crippen molar-refractivity contribution in [1.29, 1.82) is 0 Å². The highest BCUT2D eigenvalue weighted by atomic mass is 35.5. The third-order valence-corrected chi connectivity index (χ3v) is 8.72. The summed E-state index contributed by atoms with van der Waals surface area (Å²) in [6.45, 7) is 6.48. The molecule has 0 amide bonds. The Bertz CT molecular complexity index is 1860. The van der Waals surface area contributed by atoms with Crippen molar-refractivity contribution >= 4 is 40.0 Å². The van der Waals surface area contributed by atoms with Gasteiger partial charge in [0.2, 0.25) is 5.95 Å². The molecule has 8 nitrogen and oxygen atoms in total. The van der Waals surface area contributed by atoms with Crippen molar-refractivity contribution in [3.8, 4) is 16.9 Å². The number of rotatable bonds is 5. The molecule has 2 aromatic heterocycles. The van der Waals surface area contributed by atoms with Gasteiger partial charge in [0, 0.05) is 71.7 Å². The molecule has 4 heterocycles. The quantitative estimate of drug-likeness (QED) is 0.265. The maximum absolute atomic E-state index is 14.3. The van der Waals surface area contributed by atoms with Crippen LogP contribution in [0, 0.1) is 6.92 Å². The standard InChI is InChI=1S/C34H33ClN6O2/c1-22-7-12-28(30(35)17-22)29-19-24-20-36-34(37-25-8-10-26(11-9-25)40-15-13-39(2)14-16-40)38-32(24)41(33(29)42)27-18-23-5-3-4-6-31(23)43-21-27/h3-12,17,19-20,27H,13-16,18,21H2,1-2H3,(H,36,37,38). The van der Waals surface area contributed by atoms with Crippen molar-refractivity contribution in [3.05, 3.63) is 105 Å². The SMILES string of the molecule is Cc1ccc(-c2cc3cnc(Nc4ccc(N5CCN(C)CC5)cc4)nc3n(C3COc4ccccc4C3)c2=O)c(Cl)c1. The predicted molar refractivity (Wildman–Crippen MR) is 173 cm³/mol. The summed E-state index contributed by atoms with van der Waals surface area (Å²) in [6, 6.07) is 23.6. The van der Waals surface area contributed by atoms with Crippen molar-refractivity contribution < 1.29 is 4.74 Å². The molecule has 0 bridgehead atoms. The van der Waals surface area contributed by atoms with Crippen LogP contribution in [0.2, 0.25) is 5.02 Å². The maximum Gasteiger partial charge on any atom is 0.260 e. The largest absolute Gasteiger partial charge is 0.491 e. The van der Waals surface area contributed by atoms with Gasteiger partial charge in [-0.25, -0.2) is 4.98 Å². The molecule has 2 aliphatic heterocycles. The van der Waals surface area contributed by atoms with Gasteiger partial charge in [-0.15, -0.1) is 0 Å². The summed E-state index contributed by atoms with van der Waals surface area (Å²) in [4.78, 5) is 28.5. The Morgan fingerprint density at radius 1 is 0.953 bits per heavy atom. The Kier molecular flexibility index (Phi) is 7.24. The molecular formula is C34H33ClN6O2. The second-order valence-electron chi connectivity index (χ2n) is 11.4. The van der Waals surface area contributed by atoms with E-state index in [-0.39, 0.29) is 11.6 Å². The minimum atomic E-state index is -0.250. The van der Waals surface area contributed by atoms with Crippen LogP contribution in [0.15, 0.2) is 83.8 Å². The lowest BCUT2D eigenvalue weighted by Crippen LogP contribution is -2.44. The van der Waals surface area contributed by atoms with Gasteiger partial charge in [-0.3, -0.25) is 9.36 Å². The van der Waals surface area contributed by atoms with Crippen LogP contribution in [0.4, 0.5) is 17.3 Å². The van der Waals surface area contributed by atoms with Crippen LogP contribution in [-0.2, 0) is 6.42 Å². The van der Waals surface area contributed by atoms with Crippen molar-refractivity contribution in [3.63, 3.8) is 0 Å². The van der Waals surface area contributed by atoms with E-state index in [9.17, 15) is 4.79 Å². The number of pyridine rings is 1. The topological polar surface area (TPSA) is 75.5 Å². The maximum atomic E-state index is 14.3. The number of aromatic nitrogens is 3. The van der Waals surface area contributed by atoms with Crippen molar-refractivity contribution in [1.82, 2.24) is 19.4 Å². The zero-order chi connectivity index (χ0) is 29.5. The summed E-state index contributed by atoms with van der Waals surface area (Å²) in [5.41, 5.74) is 5.76. The molecule has 1 atom stereocenters. The van der Waals surface area contributed by atoms with Crippen molar-refractivity contribution in [2.24, 2.45) is 0 Å². The molecule has 3 aromatic carbocycles. The lowest BCUT2D eigenvalue weighted by molar-refractivity contribution is 0.224. The highest BCUT2D eigenvalue weighted by Gasteiger charge is 2.26. The van der Waals surface area contributed by atoms with Gasteiger partial charge in [0.1, 0.15) is 18.0 Å². The number of benzene rings is 3. The Morgan fingerprint density at radius 2 is 1.74 bits per heavy atom. The van der Waals surface area contributed by atoms with Crippen LogP contribution in [-0.4, -0.2) is 59.3 Å². The number of halogens is 1. The number of hydrogen-bond acceptors (Lipinski definition) is 7. The third kappa shape index (κ3) is 5.44. The lowest BCUT2D eigenvalue weighted by atomic mass is 10.0. The van der Waals surface area contributed by atoms with Gasteiger partial charge in [0.25, 0.3) is 5.56 Å². The fourth-order valence-corrected chi connectivity index (χ4v) is 6.31. The van der Waals surface area contributed by atoms with Gasteiger partial charge in [-0.05, 0) is 67.6 Å². The first kappa shape index (κ1) is 27.4. The fourth-order valence-electron chi connectivity index (χ4n) is 5.98. The zero-order valence-corrected chi connectivity index (χ0v) is 25.0. The van der Waals surface area contributed by atoms with Crippen LogP contribution in [0.25, 0.3) is 22.2 Å². The first-order valence-electron chi connectivity index (χ1n) is 14.6. The van der Waals surface area contributed by atoms with E-state index in [1.165, 1.54) is 5.69 Å². The van der Waals surface area contributed by atoms with Crippen molar-refractivity contribution in [2.45, 2.75) is 19.4 Å². The van der Waals surface area contributed by atoms with E-state index in [1.807, 2.05) is 67.6 Å². The highest BCUT2D eigenvalue weighted by molar-refractivity contribution is 6.33. The average Bonchev–Trinajstić information content (AvgIpc) is 3.02. The molecule has 0 radical (unpaired) electrons. The van der Waals surface area contributed by atoms with Crippen LogP contribution >= 0.6 is 11.6 Å². The predicted octanol–water partition coefficient (Wildman–Crippen LogP) is 6.09. The molecule has 2 aliphatic rings. The molecule has 7 rings (SSSR count). The molecular weight excluding hydrogens is 560 g/mol. The lowest BCUT2D eigenvalue weighted by Gasteiger charge is -2.34. The number of likely N-dealkylation sites (N-methyl/N-ethyl adjacent to an activating group) is 1. The molecule has 1 fully saturated rings. The number of nitrogens with zero attached hydrogens (tertiary/aromatic N) is 5. The minimum absolute atomic E-state index is 0.160. The number of hydrogen-bond donors (Lipinski definition) is 1. The molecule has 0 saturated carbocycles. The van der Waals surface area contributed by atoms with Crippen LogP contribution in [0.3, 0.4) is 0 Å². The van der Waals surface area contributed by atoms with Gasteiger partial charge < -0.3 is 19.9 Å². The number of piperazine rings is 1. The molecule has 1 unspecified atom stereocenters. The molecule has 218 valence electrons. The molecule has 1 N–H and O–H groups in total. The molecule has 1 saturated heterocycles. The second-order valence-corrected chi connectivity index (χ2v) is 11.8. The summed E-state index contributed by atoms with van der Waals surface area (Å²) < 4.78 is 7.88. The second kappa shape index (κ2) is 11.4. The number of fused-ring (bicyclic) bond motifs is 2. The molecule has 5 aromatic rings. The van der Waals surface area contributed by atoms with E-state index in [4.69, 9.17) is 21.3 Å². The number of para-hydroxylation sites is 1. The summed E-state index contributed by atoms with van der Waals surface area (Å²) >= 11 is 6.66. The van der Waals surface area contributed by atoms with Gasteiger partial charge >= 0.3 is 0 Å². The van der Waals surface area contributed by atoms with E-state index >= 15 is 0 Å². The first-order valence-corrected chi connectivity index (χ1v) is 15.0. The van der Waals surface area contributed by atoms with Gasteiger partial charge in [0.05, 0.1) is 6.04 Å². The highest BCUT2D eigenvalue weighted by Crippen LogP contribution is 2.33. The zero-order valence-electron chi connectivity index (χ0n) is 24.3. The summed E-state index contributed by atoms with van der Waals surface area (Å²) in [5.74, 6) is 1.28. The van der Waals surface area contributed by atoms with E-state index < -0.39 is 0 Å². The summed E-state index contributed by atoms with van der Waals surface area (Å²) in [5, 5.41) is 4.63. The molecule has 43 heavy (non-hydrogen) atoms. The number of nitrogens with one attached hydrogen (secondary N) is 1. The Balaban J connectivity index is 1.27. The van der Waals surface area contributed by atoms with Crippen LogP contribution < -0.4 is 20.5 Å². The van der Waals surface area contributed by atoms with E-state index in [1.54, 1.807) is 10.8 Å². The first-order chi connectivity index (χ1) is 20.9. The van der Waals surface area contributed by atoms with Gasteiger partial charge in [-0.1, -0.05) is 41.9 Å². The summed E-state index contributed by atoms with van der Waals surface area (Å²) in [7, 11) is 2.16. The smallest absolute Gasteiger partial charge is 0.260 e.